The molecule has 66 valence electrons. The summed E-state index contributed by atoms with van der Waals surface area (Å²) >= 11 is 0. The molecule has 1 unspecified atom stereocenters. The van der Waals surface area contributed by atoms with Crippen molar-refractivity contribution < 1.29 is 4.52 Å². The van der Waals surface area contributed by atoms with Crippen LogP contribution in [0, 0.1) is 0 Å². The van der Waals surface area contributed by atoms with E-state index in [-0.39, 0.29) is 11.6 Å². The van der Waals surface area contributed by atoms with Crippen molar-refractivity contribution in [2.24, 2.45) is 0 Å². The van der Waals surface area contributed by atoms with Crippen LogP contribution in [0.25, 0.3) is 0 Å². The minimum absolute atomic E-state index is 0.286. The Morgan fingerprint density at radius 2 is 2.58 bits per heavy atom. The van der Waals surface area contributed by atoms with E-state index in [4.69, 9.17) is 4.52 Å². The molecule has 2 heterocycles. The van der Waals surface area contributed by atoms with E-state index in [1.807, 2.05) is 7.05 Å². The Labute approximate surface area is 69.4 Å². The first-order chi connectivity index (χ1) is 5.75. The normalized spacial score (nSPS) is 24.9. The molecular formula is C7H11N3O2. The van der Waals surface area contributed by atoms with Gasteiger partial charge >= 0.3 is 5.69 Å². The lowest BCUT2D eigenvalue weighted by molar-refractivity contribution is 0.342. The molecule has 1 aromatic rings. The second-order valence-corrected chi connectivity index (χ2v) is 3.21. The molecule has 0 amide bonds. The first-order valence-corrected chi connectivity index (χ1v) is 3.99. The summed E-state index contributed by atoms with van der Waals surface area (Å²) in [7, 11) is 2.05. The molecule has 1 aliphatic rings. The Morgan fingerprint density at radius 1 is 1.75 bits per heavy atom. The van der Waals surface area contributed by atoms with Crippen LogP contribution in [-0.4, -0.2) is 35.2 Å². The summed E-state index contributed by atoms with van der Waals surface area (Å²) in [5, 5.41) is 2.20. The van der Waals surface area contributed by atoms with E-state index in [0.29, 0.717) is 5.89 Å². The fourth-order valence-electron chi connectivity index (χ4n) is 1.55. The number of nitrogens with zero attached hydrogens (tertiary/aromatic N) is 2. The van der Waals surface area contributed by atoms with Crippen LogP contribution in [0.2, 0.25) is 0 Å². The number of rotatable bonds is 1. The zero-order valence-corrected chi connectivity index (χ0v) is 6.91. The fraction of sp³-hybridized carbons (Fsp3) is 0.714. The van der Waals surface area contributed by atoms with Crippen molar-refractivity contribution in [3.63, 3.8) is 0 Å². The molecule has 0 saturated carbocycles. The Hall–Kier alpha value is -1.10. The summed E-state index contributed by atoms with van der Waals surface area (Å²) < 4.78 is 4.92. The van der Waals surface area contributed by atoms with Crippen molar-refractivity contribution >= 4 is 0 Å². The van der Waals surface area contributed by atoms with E-state index in [9.17, 15) is 4.79 Å². The summed E-state index contributed by atoms with van der Waals surface area (Å²) in [5.41, 5.74) is -0.389. The number of hydrogen-bond donors (Lipinski definition) is 1. The molecule has 5 heteroatoms. The van der Waals surface area contributed by atoms with E-state index in [1.165, 1.54) is 0 Å². The summed E-state index contributed by atoms with van der Waals surface area (Å²) in [6.07, 6.45) is 1.02. The molecule has 1 fully saturated rings. The van der Waals surface area contributed by atoms with Gasteiger partial charge in [0.25, 0.3) is 0 Å². The van der Waals surface area contributed by atoms with Gasteiger partial charge in [0.15, 0.2) is 0 Å². The van der Waals surface area contributed by atoms with Gasteiger partial charge in [0.1, 0.15) is 0 Å². The van der Waals surface area contributed by atoms with Gasteiger partial charge in [0, 0.05) is 6.54 Å². The highest BCUT2D eigenvalue weighted by Crippen LogP contribution is 2.22. The molecule has 1 aromatic heterocycles. The maximum absolute atomic E-state index is 10.7. The van der Waals surface area contributed by atoms with E-state index in [1.54, 1.807) is 0 Å². The maximum atomic E-state index is 10.7. The number of aromatic amines is 1. The van der Waals surface area contributed by atoms with E-state index in [0.717, 1.165) is 19.5 Å². The van der Waals surface area contributed by atoms with Crippen molar-refractivity contribution in [1.29, 1.82) is 0 Å². The lowest BCUT2D eigenvalue weighted by Crippen LogP contribution is -2.13. The van der Waals surface area contributed by atoms with Gasteiger partial charge in [-0.3, -0.25) is 0 Å². The van der Waals surface area contributed by atoms with Crippen molar-refractivity contribution in [3.8, 4) is 0 Å². The lowest BCUT2D eigenvalue weighted by Gasteiger charge is -2.04. The van der Waals surface area contributed by atoms with Crippen LogP contribution < -0.4 is 5.69 Å². The molecule has 1 saturated heterocycles. The molecule has 0 aliphatic carbocycles. The maximum Gasteiger partial charge on any atom is 0.377 e. The Balaban J connectivity index is 2.16. The van der Waals surface area contributed by atoms with Crippen LogP contribution in [0.4, 0.5) is 0 Å². The Bertz CT molecular complexity index is 316. The molecule has 2 rings (SSSR count). The highest BCUT2D eigenvalue weighted by atomic mass is 16.5. The number of nitrogens with one attached hydrogen (secondary N) is 1. The van der Waals surface area contributed by atoms with Gasteiger partial charge < -0.3 is 9.42 Å². The van der Waals surface area contributed by atoms with E-state index >= 15 is 0 Å². The molecule has 0 radical (unpaired) electrons. The van der Waals surface area contributed by atoms with Gasteiger partial charge in [0.2, 0.25) is 5.89 Å². The van der Waals surface area contributed by atoms with Gasteiger partial charge in [0.05, 0.1) is 5.92 Å². The minimum Gasteiger partial charge on any atom is -0.362 e. The minimum atomic E-state index is -0.389. The van der Waals surface area contributed by atoms with Gasteiger partial charge in [-0.25, -0.2) is 4.79 Å². The third kappa shape index (κ3) is 1.27. The molecule has 12 heavy (non-hydrogen) atoms. The quantitative estimate of drug-likeness (QED) is 0.631. The third-order valence-corrected chi connectivity index (χ3v) is 2.20. The van der Waals surface area contributed by atoms with Crippen LogP contribution in [0.15, 0.2) is 9.32 Å². The number of H-pyrrole nitrogens is 1. The summed E-state index contributed by atoms with van der Waals surface area (Å²) in [5.74, 6) is 0.832. The van der Waals surface area contributed by atoms with Gasteiger partial charge in [-0.15, -0.1) is 0 Å². The molecule has 1 atom stereocenters. The SMILES string of the molecule is CN1CCC(c2nc(=O)[nH]o2)C1. The van der Waals surface area contributed by atoms with Crippen LogP contribution in [-0.2, 0) is 0 Å². The smallest absolute Gasteiger partial charge is 0.362 e. The number of hydrogen-bond acceptors (Lipinski definition) is 4. The van der Waals surface area contributed by atoms with Gasteiger partial charge in [-0.2, -0.15) is 10.1 Å². The number of likely N-dealkylation sites (N-methyl/N-ethyl adjacent to an activating group) is 1. The standard InChI is InChI=1S/C7H11N3O2/c1-10-3-2-5(4-10)6-8-7(11)9-12-6/h5H,2-4H2,1H3,(H,9,11). The molecule has 5 nitrogen and oxygen atoms in total. The van der Waals surface area contributed by atoms with Crippen LogP contribution in [0.5, 0.6) is 0 Å². The van der Waals surface area contributed by atoms with E-state index < -0.39 is 0 Å². The summed E-state index contributed by atoms with van der Waals surface area (Å²) in [6, 6.07) is 0. The first kappa shape index (κ1) is 7.54. The van der Waals surface area contributed by atoms with Crippen molar-refractivity contribution in [2.45, 2.75) is 12.3 Å². The average Bonchev–Trinajstić information content (AvgIpc) is 2.58. The largest absolute Gasteiger partial charge is 0.377 e. The molecular weight excluding hydrogens is 158 g/mol. The molecule has 0 spiro atoms. The van der Waals surface area contributed by atoms with Crippen molar-refractivity contribution in [3.05, 3.63) is 16.4 Å². The summed E-state index contributed by atoms with van der Waals surface area (Å²) in [6.45, 7) is 1.97. The first-order valence-electron chi connectivity index (χ1n) is 3.99. The zero-order chi connectivity index (χ0) is 8.55. The Kier molecular flexibility index (Phi) is 1.73. The second kappa shape index (κ2) is 2.75. The number of likely N-dealkylation sites (tertiary alicyclic amines) is 1. The monoisotopic (exact) mass is 169 g/mol. The predicted octanol–water partition coefficient (Wildman–Crippen LogP) is -0.218. The van der Waals surface area contributed by atoms with Crippen LogP contribution >= 0.6 is 0 Å². The second-order valence-electron chi connectivity index (χ2n) is 3.21. The fourth-order valence-corrected chi connectivity index (χ4v) is 1.55. The Morgan fingerprint density at radius 3 is 3.08 bits per heavy atom. The van der Waals surface area contributed by atoms with Crippen LogP contribution in [0.1, 0.15) is 18.2 Å². The van der Waals surface area contributed by atoms with Gasteiger partial charge in [-0.1, -0.05) is 0 Å². The average molecular weight is 169 g/mol. The van der Waals surface area contributed by atoms with E-state index in [2.05, 4.69) is 15.0 Å². The zero-order valence-electron chi connectivity index (χ0n) is 6.91. The lowest BCUT2D eigenvalue weighted by atomic mass is 10.1. The van der Waals surface area contributed by atoms with Crippen LogP contribution in [0.3, 0.4) is 0 Å². The van der Waals surface area contributed by atoms with Gasteiger partial charge in [-0.05, 0) is 20.0 Å². The molecule has 1 aliphatic heterocycles. The molecule has 1 N–H and O–H groups in total. The topological polar surface area (TPSA) is 62.1 Å². The highest BCUT2D eigenvalue weighted by Gasteiger charge is 2.25. The molecule has 0 aromatic carbocycles. The molecule has 0 bridgehead atoms. The summed E-state index contributed by atoms with van der Waals surface area (Å²) in [4.78, 5) is 16.6. The van der Waals surface area contributed by atoms with Crippen molar-refractivity contribution in [2.75, 3.05) is 20.1 Å². The highest BCUT2D eigenvalue weighted by molar-refractivity contribution is 4.94. The number of aromatic nitrogens is 2. The predicted molar refractivity (Wildman–Crippen MR) is 42.0 cm³/mol. The van der Waals surface area contributed by atoms with Crippen molar-refractivity contribution in [1.82, 2.24) is 15.0 Å². The third-order valence-electron chi connectivity index (χ3n) is 2.20.